The Labute approximate surface area is 135 Å². The van der Waals surface area contributed by atoms with E-state index >= 15 is 0 Å². The van der Waals surface area contributed by atoms with Crippen molar-refractivity contribution >= 4 is 13.9 Å². The molecule has 116 valence electrons. The number of benzene rings is 2. The van der Waals surface area contributed by atoms with Crippen molar-refractivity contribution in [1.82, 2.24) is 0 Å². The number of hydrogen-bond donors (Lipinski definition) is 0. The van der Waals surface area contributed by atoms with E-state index < -0.39 is 8.32 Å². The molecule has 0 aliphatic carbocycles. The van der Waals surface area contributed by atoms with Gasteiger partial charge in [-0.3, -0.25) is 0 Å². The third-order valence-electron chi connectivity index (χ3n) is 3.17. The van der Waals surface area contributed by atoms with E-state index in [1.54, 1.807) is 0 Å². The quantitative estimate of drug-likeness (QED) is 0.616. The second kappa shape index (κ2) is 6.97. The molecule has 0 heterocycles. The van der Waals surface area contributed by atoms with E-state index in [9.17, 15) is 0 Å². The Bertz CT molecular complexity index is 619. The molecule has 22 heavy (non-hydrogen) atoms. The molecule has 1 nitrogen and oxygen atoms in total. The second-order valence-electron chi connectivity index (χ2n) is 6.93. The summed E-state index contributed by atoms with van der Waals surface area (Å²) in [5, 5.41) is 0. The number of rotatable bonds is 5. The molecule has 0 saturated heterocycles. The van der Waals surface area contributed by atoms with Crippen molar-refractivity contribution in [3.8, 4) is 5.75 Å². The Morgan fingerprint density at radius 2 is 1.41 bits per heavy atom. The summed E-state index contributed by atoms with van der Waals surface area (Å²) in [5.74, 6) is 1.48. The Morgan fingerprint density at radius 3 is 1.91 bits per heavy atom. The first kappa shape index (κ1) is 16.6. The fourth-order valence-electron chi connectivity index (χ4n) is 2.37. The first-order valence-electron chi connectivity index (χ1n) is 7.92. The highest BCUT2D eigenvalue weighted by atomic mass is 28.4. The highest BCUT2D eigenvalue weighted by Crippen LogP contribution is 2.27. The van der Waals surface area contributed by atoms with Crippen LogP contribution in [0.4, 0.5) is 0 Å². The molecule has 0 fully saturated rings. The maximum Gasteiger partial charge on any atom is 0.242 e. The minimum Gasteiger partial charge on any atom is -0.544 e. The lowest BCUT2D eigenvalue weighted by atomic mass is 9.95. The van der Waals surface area contributed by atoms with Gasteiger partial charge in [-0.2, -0.15) is 0 Å². The van der Waals surface area contributed by atoms with Gasteiger partial charge in [-0.1, -0.05) is 62.4 Å². The van der Waals surface area contributed by atoms with Gasteiger partial charge in [-0.15, -0.1) is 0 Å². The van der Waals surface area contributed by atoms with Crippen molar-refractivity contribution in [2.75, 3.05) is 0 Å². The molecule has 0 atom stereocenters. The van der Waals surface area contributed by atoms with Crippen LogP contribution in [0.1, 0.15) is 25.0 Å². The van der Waals surface area contributed by atoms with E-state index in [0.29, 0.717) is 5.92 Å². The lowest BCUT2D eigenvalue weighted by Gasteiger charge is -2.19. The number of allylic oxidation sites excluding steroid dienone is 1. The van der Waals surface area contributed by atoms with E-state index in [4.69, 9.17) is 4.43 Å². The van der Waals surface area contributed by atoms with Crippen molar-refractivity contribution in [3.63, 3.8) is 0 Å². The molecule has 2 rings (SSSR count). The van der Waals surface area contributed by atoms with Gasteiger partial charge in [0, 0.05) is 0 Å². The standard InChI is InChI=1S/C20H26OSi/c1-16(2)15-20(17-9-7-6-8-10-17)18-11-13-19(14-12-18)21-22(3,4)5/h6-16H,1-5H3. The van der Waals surface area contributed by atoms with Gasteiger partial charge in [0.25, 0.3) is 0 Å². The zero-order valence-corrected chi connectivity index (χ0v) is 15.3. The highest BCUT2D eigenvalue weighted by molar-refractivity contribution is 6.70. The molecule has 2 heteroatoms. The summed E-state index contributed by atoms with van der Waals surface area (Å²) < 4.78 is 6.04. The summed E-state index contributed by atoms with van der Waals surface area (Å²) in [5.41, 5.74) is 3.79. The Hall–Kier alpha value is -1.80. The predicted molar refractivity (Wildman–Crippen MR) is 98.8 cm³/mol. The van der Waals surface area contributed by atoms with Gasteiger partial charge < -0.3 is 4.43 Å². The van der Waals surface area contributed by atoms with Crippen LogP contribution in [0.5, 0.6) is 5.75 Å². The molecule has 0 amide bonds. The maximum atomic E-state index is 6.04. The van der Waals surface area contributed by atoms with Crippen LogP contribution in [0.3, 0.4) is 0 Å². The molecule has 2 aromatic rings. The van der Waals surface area contributed by atoms with Crippen LogP contribution >= 0.6 is 0 Å². The van der Waals surface area contributed by atoms with Crippen LogP contribution in [0.2, 0.25) is 19.6 Å². The van der Waals surface area contributed by atoms with Gasteiger partial charge in [0.1, 0.15) is 5.75 Å². The van der Waals surface area contributed by atoms with Crippen LogP contribution in [-0.4, -0.2) is 8.32 Å². The lowest BCUT2D eigenvalue weighted by Crippen LogP contribution is -2.29. The smallest absolute Gasteiger partial charge is 0.242 e. The van der Waals surface area contributed by atoms with Gasteiger partial charge >= 0.3 is 0 Å². The van der Waals surface area contributed by atoms with Crippen LogP contribution < -0.4 is 4.43 Å². The lowest BCUT2D eigenvalue weighted by molar-refractivity contribution is 0.557. The maximum absolute atomic E-state index is 6.04. The topological polar surface area (TPSA) is 9.23 Å². The fourth-order valence-corrected chi connectivity index (χ4v) is 3.21. The second-order valence-corrected chi connectivity index (χ2v) is 11.4. The zero-order valence-electron chi connectivity index (χ0n) is 14.3. The minimum atomic E-state index is -1.55. The minimum absolute atomic E-state index is 0.508. The van der Waals surface area contributed by atoms with Crippen molar-refractivity contribution in [2.45, 2.75) is 33.5 Å². The number of hydrogen-bond acceptors (Lipinski definition) is 1. The van der Waals surface area contributed by atoms with Crippen LogP contribution in [0, 0.1) is 5.92 Å². The van der Waals surface area contributed by atoms with Gasteiger partial charge in [-0.05, 0) is 54.4 Å². The Kier molecular flexibility index (Phi) is 5.25. The molecule has 0 radical (unpaired) electrons. The zero-order chi connectivity index (χ0) is 16.2. The van der Waals surface area contributed by atoms with Gasteiger partial charge in [0.05, 0.1) is 0 Å². The third-order valence-corrected chi connectivity index (χ3v) is 4.02. The van der Waals surface area contributed by atoms with E-state index in [1.807, 2.05) is 0 Å². The summed E-state index contributed by atoms with van der Waals surface area (Å²) in [6.07, 6.45) is 2.32. The molecule has 0 saturated carbocycles. The molecule has 0 aliphatic heterocycles. The molecular weight excluding hydrogens is 284 g/mol. The fraction of sp³-hybridized carbons (Fsp3) is 0.300. The van der Waals surface area contributed by atoms with E-state index in [1.165, 1.54) is 16.7 Å². The summed E-state index contributed by atoms with van der Waals surface area (Å²) in [7, 11) is -1.55. The average molecular weight is 311 g/mol. The Balaban J connectivity index is 2.34. The molecular formula is C20H26OSi. The predicted octanol–water partition coefficient (Wildman–Crippen LogP) is 5.99. The first-order valence-corrected chi connectivity index (χ1v) is 11.3. The van der Waals surface area contributed by atoms with Crippen LogP contribution in [0.25, 0.3) is 5.57 Å². The molecule has 0 aliphatic rings. The van der Waals surface area contributed by atoms with E-state index in [-0.39, 0.29) is 0 Å². The van der Waals surface area contributed by atoms with Crippen molar-refractivity contribution in [3.05, 3.63) is 71.8 Å². The SMILES string of the molecule is CC(C)C=C(c1ccccc1)c1ccc(O[Si](C)(C)C)cc1. The monoisotopic (exact) mass is 310 g/mol. The summed E-state index contributed by atoms with van der Waals surface area (Å²) >= 11 is 0. The third kappa shape index (κ3) is 4.88. The molecule has 2 aromatic carbocycles. The van der Waals surface area contributed by atoms with Crippen LogP contribution in [-0.2, 0) is 0 Å². The van der Waals surface area contributed by atoms with Gasteiger partial charge in [0.15, 0.2) is 0 Å². The van der Waals surface area contributed by atoms with Gasteiger partial charge in [0.2, 0.25) is 8.32 Å². The summed E-state index contributed by atoms with van der Waals surface area (Å²) in [6, 6.07) is 19.1. The molecule has 0 bridgehead atoms. The van der Waals surface area contributed by atoms with Crippen molar-refractivity contribution in [2.24, 2.45) is 5.92 Å². The van der Waals surface area contributed by atoms with Gasteiger partial charge in [-0.25, -0.2) is 0 Å². The normalized spacial score (nSPS) is 12.5. The van der Waals surface area contributed by atoms with Crippen molar-refractivity contribution < 1.29 is 4.43 Å². The average Bonchev–Trinajstić information content (AvgIpc) is 2.45. The highest BCUT2D eigenvalue weighted by Gasteiger charge is 2.16. The summed E-state index contributed by atoms with van der Waals surface area (Å²) in [4.78, 5) is 0. The molecule has 0 spiro atoms. The van der Waals surface area contributed by atoms with E-state index in [0.717, 1.165) is 5.75 Å². The first-order chi connectivity index (χ1) is 10.3. The largest absolute Gasteiger partial charge is 0.544 e. The Morgan fingerprint density at radius 1 is 0.864 bits per heavy atom. The molecule has 0 aromatic heterocycles. The van der Waals surface area contributed by atoms with Crippen molar-refractivity contribution in [1.29, 1.82) is 0 Å². The van der Waals surface area contributed by atoms with E-state index in [2.05, 4.69) is 94.2 Å². The molecule has 0 unspecified atom stereocenters. The summed E-state index contributed by atoms with van der Waals surface area (Å²) in [6.45, 7) is 11.0. The van der Waals surface area contributed by atoms with Crippen LogP contribution in [0.15, 0.2) is 60.7 Å². The molecule has 0 N–H and O–H groups in total.